The molecule has 3 heteroatoms. The van der Waals surface area contributed by atoms with Crippen LogP contribution in [0.2, 0.25) is 0 Å². The number of ether oxygens (including phenoxy) is 2. The Kier molecular flexibility index (Phi) is 5.00. The molecule has 1 heterocycles. The molecule has 0 aromatic carbocycles. The Morgan fingerprint density at radius 3 is 2.79 bits per heavy atom. The quantitative estimate of drug-likeness (QED) is 0.652. The van der Waals surface area contributed by atoms with Crippen LogP contribution in [0.25, 0.3) is 0 Å². The summed E-state index contributed by atoms with van der Waals surface area (Å²) >= 11 is 0. The second kappa shape index (κ2) is 6.38. The minimum absolute atomic E-state index is 0.559. The second-order valence-corrected chi connectivity index (χ2v) is 3.49. The van der Waals surface area contributed by atoms with Gasteiger partial charge in [-0.1, -0.05) is 19.9 Å². The summed E-state index contributed by atoms with van der Waals surface area (Å²) in [5, 5.41) is 0. The minimum atomic E-state index is 0.559. The SMILES string of the molecule is CC(C)COCCOc1ccccn1. The van der Waals surface area contributed by atoms with Gasteiger partial charge in [0, 0.05) is 18.9 Å². The van der Waals surface area contributed by atoms with E-state index in [4.69, 9.17) is 9.47 Å². The molecule has 0 atom stereocenters. The fourth-order valence-corrected chi connectivity index (χ4v) is 0.957. The maximum Gasteiger partial charge on any atom is 0.213 e. The van der Waals surface area contributed by atoms with Crippen molar-refractivity contribution < 1.29 is 9.47 Å². The van der Waals surface area contributed by atoms with E-state index in [1.54, 1.807) is 6.20 Å². The van der Waals surface area contributed by atoms with Gasteiger partial charge in [0.15, 0.2) is 0 Å². The van der Waals surface area contributed by atoms with Crippen molar-refractivity contribution in [1.82, 2.24) is 4.98 Å². The predicted molar refractivity (Wildman–Crippen MR) is 55.4 cm³/mol. The zero-order valence-electron chi connectivity index (χ0n) is 8.77. The molecule has 0 unspecified atom stereocenters. The summed E-state index contributed by atoms with van der Waals surface area (Å²) in [5.74, 6) is 1.23. The zero-order chi connectivity index (χ0) is 10.2. The highest BCUT2D eigenvalue weighted by molar-refractivity contribution is 5.08. The van der Waals surface area contributed by atoms with Crippen LogP contribution in [-0.2, 0) is 4.74 Å². The smallest absolute Gasteiger partial charge is 0.213 e. The number of hydrogen-bond donors (Lipinski definition) is 0. The van der Waals surface area contributed by atoms with Crippen LogP contribution in [0.5, 0.6) is 5.88 Å². The molecular formula is C11H17NO2. The maximum atomic E-state index is 5.36. The molecule has 0 bridgehead atoms. The van der Waals surface area contributed by atoms with Gasteiger partial charge in [-0.3, -0.25) is 0 Å². The Hall–Kier alpha value is -1.09. The fraction of sp³-hybridized carbons (Fsp3) is 0.545. The number of nitrogens with zero attached hydrogens (tertiary/aromatic N) is 1. The van der Waals surface area contributed by atoms with E-state index in [0.717, 1.165) is 6.61 Å². The Morgan fingerprint density at radius 2 is 2.14 bits per heavy atom. The molecule has 0 saturated heterocycles. The lowest BCUT2D eigenvalue weighted by Gasteiger charge is -2.07. The van der Waals surface area contributed by atoms with Crippen LogP contribution in [0.4, 0.5) is 0 Å². The first-order chi connectivity index (χ1) is 6.79. The van der Waals surface area contributed by atoms with Gasteiger partial charge in [-0.15, -0.1) is 0 Å². The molecule has 3 nitrogen and oxygen atoms in total. The van der Waals surface area contributed by atoms with Gasteiger partial charge >= 0.3 is 0 Å². The summed E-state index contributed by atoms with van der Waals surface area (Å²) in [4.78, 5) is 4.03. The molecule has 0 spiro atoms. The molecule has 1 aromatic rings. The van der Waals surface area contributed by atoms with Gasteiger partial charge < -0.3 is 9.47 Å². The van der Waals surface area contributed by atoms with E-state index in [1.165, 1.54) is 0 Å². The van der Waals surface area contributed by atoms with Crippen LogP contribution in [0.15, 0.2) is 24.4 Å². The molecule has 0 radical (unpaired) electrons. The number of pyridine rings is 1. The van der Waals surface area contributed by atoms with Crippen LogP contribution < -0.4 is 4.74 Å². The lowest BCUT2D eigenvalue weighted by Crippen LogP contribution is -2.10. The first-order valence-corrected chi connectivity index (χ1v) is 4.90. The fourth-order valence-electron chi connectivity index (χ4n) is 0.957. The van der Waals surface area contributed by atoms with Crippen LogP contribution in [0.3, 0.4) is 0 Å². The van der Waals surface area contributed by atoms with Crippen molar-refractivity contribution in [3.63, 3.8) is 0 Å². The van der Waals surface area contributed by atoms with Crippen LogP contribution in [0.1, 0.15) is 13.8 Å². The van der Waals surface area contributed by atoms with Gasteiger partial charge in [-0.2, -0.15) is 0 Å². The van der Waals surface area contributed by atoms with E-state index in [9.17, 15) is 0 Å². The zero-order valence-corrected chi connectivity index (χ0v) is 8.77. The number of aromatic nitrogens is 1. The Balaban J connectivity index is 2.05. The molecule has 0 saturated carbocycles. The summed E-state index contributed by atoms with van der Waals surface area (Å²) in [7, 11) is 0. The highest BCUT2D eigenvalue weighted by Crippen LogP contribution is 2.02. The van der Waals surface area contributed by atoms with Crippen molar-refractivity contribution in [3.05, 3.63) is 24.4 Å². The number of hydrogen-bond acceptors (Lipinski definition) is 3. The molecule has 0 aliphatic carbocycles. The number of rotatable bonds is 6. The van der Waals surface area contributed by atoms with Crippen molar-refractivity contribution in [3.8, 4) is 5.88 Å². The third-order valence-corrected chi connectivity index (χ3v) is 1.57. The first kappa shape index (κ1) is 11.0. The Bertz CT molecular complexity index is 236. The highest BCUT2D eigenvalue weighted by atomic mass is 16.5. The average Bonchev–Trinajstić information content (AvgIpc) is 2.18. The van der Waals surface area contributed by atoms with Crippen molar-refractivity contribution in [2.45, 2.75) is 13.8 Å². The molecule has 0 fully saturated rings. The summed E-state index contributed by atoms with van der Waals surface area (Å²) in [6.45, 7) is 6.21. The monoisotopic (exact) mass is 195 g/mol. The molecule has 0 aliphatic rings. The maximum absolute atomic E-state index is 5.36. The van der Waals surface area contributed by atoms with Crippen molar-refractivity contribution in [2.75, 3.05) is 19.8 Å². The van der Waals surface area contributed by atoms with E-state index in [1.807, 2.05) is 18.2 Å². The van der Waals surface area contributed by atoms with Crippen LogP contribution >= 0.6 is 0 Å². The summed E-state index contributed by atoms with van der Waals surface area (Å²) < 4.78 is 10.7. The second-order valence-electron chi connectivity index (χ2n) is 3.49. The van der Waals surface area contributed by atoms with Gasteiger partial charge in [-0.25, -0.2) is 4.98 Å². The summed E-state index contributed by atoms with van der Waals surface area (Å²) in [6, 6.07) is 5.60. The molecule has 0 aliphatic heterocycles. The Labute approximate surface area is 85.1 Å². The standard InChI is InChI=1S/C11H17NO2/c1-10(2)9-13-7-8-14-11-5-3-4-6-12-11/h3-6,10H,7-9H2,1-2H3. The summed E-state index contributed by atoms with van der Waals surface area (Å²) in [6.07, 6.45) is 1.71. The van der Waals surface area contributed by atoms with Gasteiger partial charge in [0.2, 0.25) is 5.88 Å². The molecule has 1 aromatic heterocycles. The third kappa shape index (κ3) is 4.82. The van der Waals surface area contributed by atoms with Gasteiger partial charge in [0.05, 0.1) is 6.61 Å². The van der Waals surface area contributed by atoms with E-state index in [-0.39, 0.29) is 0 Å². The van der Waals surface area contributed by atoms with E-state index < -0.39 is 0 Å². The van der Waals surface area contributed by atoms with Gasteiger partial charge in [0.25, 0.3) is 0 Å². The molecular weight excluding hydrogens is 178 g/mol. The molecule has 14 heavy (non-hydrogen) atoms. The molecule has 1 rings (SSSR count). The first-order valence-electron chi connectivity index (χ1n) is 4.90. The predicted octanol–water partition coefficient (Wildman–Crippen LogP) is 2.13. The van der Waals surface area contributed by atoms with E-state index >= 15 is 0 Å². The average molecular weight is 195 g/mol. The third-order valence-electron chi connectivity index (χ3n) is 1.57. The Morgan fingerprint density at radius 1 is 1.29 bits per heavy atom. The minimum Gasteiger partial charge on any atom is -0.475 e. The lowest BCUT2D eigenvalue weighted by atomic mass is 10.2. The normalized spacial score (nSPS) is 10.5. The highest BCUT2D eigenvalue weighted by Gasteiger charge is 1.95. The van der Waals surface area contributed by atoms with Crippen LogP contribution in [0, 0.1) is 5.92 Å². The van der Waals surface area contributed by atoms with Crippen molar-refractivity contribution in [1.29, 1.82) is 0 Å². The van der Waals surface area contributed by atoms with Crippen molar-refractivity contribution >= 4 is 0 Å². The molecule has 0 N–H and O–H groups in total. The topological polar surface area (TPSA) is 31.4 Å². The van der Waals surface area contributed by atoms with E-state index in [0.29, 0.717) is 25.0 Å². The van der Waals surface area contributed by atoms with Crippen LogP contribution in [-0.4, -0.2) is 24.8 Å². The van der Waals surface area contributed by atoms with Gasteiger partial charge in [0.1, 0.15) is 6.61 Å². The van der Waals surface area contributed by atoms with Gasteiger partial charge in [-0.05, 0) is 12.0 Å². The van der Waals surface area contributed by atoms with E-state index in [2.05, 4.69) is 18.8 Å². The lowest BCUT2D eigenvalue weighted by molar-refractivity contribution is 0.0806. The summed E-state index contributed by atoms with van der Waals surface area (Å²) in [5.41, 5.74) is 0. The van der Waals surface area contributed by atoms with Crippen molar-refractivity contribution in [2.24, 2.45) is 5.92 Å². The largest absolute Gasteiger partial charge is 0.475 e. The molecule has 78 valence electrons. The molecule has 0 amide bonds.